The van der Waals surface area contributed by atoms with E-state index >= 15 is 0 Å². The van der Waals surface area contributed by atoms with Crippen LogP contribution in [-0.2, 0) is 16.0 Å². The summed E-state index contributed by atoms with van der Waals surface area (Å²) in [6.07, 6.45) is 0.660. The van der Waals surface area contributed by atoms with Gasteiger partial charge < -0.3 is 10.2 Å². The number of carbonyl (C=O) groups is 2. The number of halogens is 1. The van der Waals surface area contributed by atoms with Gasteiger partial charge in [0.25, 0.3) is 0 Å². The summed E-state index contributed by atoms with van der Waals surface area (Å²) in [7, 11) is 0. The first kappa shape index (κ1) is 18.1. The number of nitrogens with zero attached hydrogens (tertiary/aromatic N) is 1. The molecular formula is C17H25FN2O2. The minimum absolute atomic E-state index is 0.0328. The van der Waals surface area contributed by atoms with Gasteiger partial charge in [-0.2, -0.15) is 0 Å². The van der Waals surface area contributed by atoms with Crippen molar-refractivity contribution in [2.75, 3.05) is 19.6 Å². The number of rotatable bonds is 6. The van der Waals surface area contributed by atoms with Gasteiger partial charge in [0.1, 0.15) is 5.82 Å². The quantitative estimate of drug-likeness (QED) is 0.877. The van der Waals surface area contributed by atoms with Gasteiger partial charge in [0.2, 0.25) is 11.8 Å². The number of nitrogens with one attached hydrogen (secondary N) is 1. The Morgan fingerprint density at radius 2 is 1.73 bits per heavy atom. The summed E-state index contributed by atoms with van der Waals surface area (Å²) in [5.74, 6) is -0.335. The predicted octanol–water partition coefficient (Wildman–Crippen LogP) is 2.38. The summed E-state index contributed by atoms with van der Waals surface area (Å²) in [5.41, 5.74) is 0.543. The maximum absolute atomic E-state index is 12.8. The zero-order valence-electron chi connectivity index (χ0n) is 13.8. The molecule has 0 unspecified atom stereocenters. The number of hydrogen-bond acceptors (Lipinski definition) is 2. The standard InChI is InChI=1S/C17H25FN2O2/c1-13(21)20(12-10-19-16(22)17(2,3)4)11-9-14-5-7-15(18)8-6-14/h5-8H,9-12H2,1-4H3,(H,19,22). The van der Waals surface area contributed by atoms with Gasteiger partial charge >= 0.3 is 0 Å². The number of hydrogen-bond donors (Lipinski definition) is 1. The molecule has 2 amide bonds. The lowest BCUT2D eigenvalue weighted by Crippen LogP contribution is -2.41. The lowest BCUT2D eigenvalue weighted by molar-refractivity contribution is -0.131. The molecule has 0 aromatic heterocycles. The molecule has 4 nitrogen and oxygen atoms in total. The molecular weight excluding hydrogens is 283 g/mol. The maximum atomic E-state index is 12.8. The summed E-state index contributed by atoms with van der Waals surface area (Å²) in [4.78, 5) is 25.1. The van der Waals surface area contributed by atoms with E-state index in [-0.39, 0.29) is 17.6 Å². The molecule has 5 heteroatoms. The molecule has 1 aromatic rings. The average molecular weight is 308 g/mol. The van der Waals surface area contributed by atoms with E-state index in [1.807, 2.05) is 20.8 Å². The Morgan fingerprint density at radius 1 is 1.14 bits per heavy atom. The van der Waals surface area contributed by atoms with Crippen LogP contribution in [0.4, 0.5) is 4.39 Å². The van der Waals surface area contributed by atoms with Crippen LogP contribution >= 0.6 is 0 Å². The first-order valence-corrected chi connectivity index (χ1v) is 7.48. The minimum atomic E-state index is -0.435. The van der Waals surface area contributed by atoms with Gasteiger partial charge in [0, 0.05) is 32.0 Å². The predicted molar refractivity (Wildman–Crippen MR) is 84.8 cm³/mol. The fourth-order valence-electron chi connectivity index (χ4n) is 1.91. The lowest BCUT2D eigenvalue weighted by atomic mass is 9.96. The van der Waals surface area contributed by atoms with E-state index in [2.05, 4.69) is 5.32 Å². The molecule has 0 saturated carbocycles. The Balaban J connectivity index is 2.44. The highest BCUT2D eigenvalue weighted by molar-refractivity contribution is 5.81. The monoisotopic (exact) mass is 308 g/mol. The molecule has 22 heavy (non-hydrogen) atoms. The normalized spacial score (nSPS) is 11.1. The SMILES string of the molecule is CC(=O)N(CCNC(=O)C(C)(C)C)CCc1ccc(F)cc1. The van der Waals surface area contributed by atoms with Crippen LogP contribution in [0.2, 0.25) is 0 Å². The molecule has 0 radical (unpaired) electrons. The van der Waals surface area contributed by atoms with E-state index in [0.717, 1.165) is 5.56 Å². The Kier molecular flexibility index (Phi) is 6.53. The van der Waals surface area contributed by atoms with Crippen LogP contribution in [-0.4, -0.2) is 36.3 Å². The van der Waals surface area contributed by atoms with Gasteiger partial charge in [-0.15, -0.1) is 0 Å². The molecule has 0 aliphatic carbocycles. The van der Waals surface area contributed by atoms with E-state index in [0.29, 0.717) is 26.1 Å². The van der Waals surface area contributed by atoms with Crippen molar-refractivity contribution in [3.05, 3.63) is 35.6 Å². The molecule has 1 aromatic carbocycles. The second-order valence-corrected chi connectivity index (χ2v) is 6.39. The zero-order valence-corrected chi connectivity index (χ0v) is 13.8. The molecule has 0 aliphatic rings. The van der Waals surface area contributed by atoms with Crippen molar-refractivity contribution in [3.63, 3.8) is 0 Å². The minimum Gasteiger partial charge on any atom is -0.354 e. The molecule has 0 aliphatic heterocycles. The largest absolute Gasteiger partial charge is 0.354 e. The zero-order chi connectivity index (χ0) is 16.8. The second kappa shape index (κ2) is 7.92. The first-order valence-electron chi connectivity index (χ1n) is 7.48. The smallest absolute Gasteiger partial charge is 0.225 e. The van der Waals surface area contributed by atoms with Crippen molar-refractivity contribution < 1.29 is 14.0 Å². The molecule has 0 fully saturated rings. The van der Waals surface area contributed by atoms with Crippen molar-refractivity contribution >= 4 is 11.8 Å². The van der Waals surface area contributed by atoms with Gasteiger partial charge in [-0.25, -0.2) is 4.39 Å². The van der Waals surface area contributed by atoms with E-state index in [1.165, 1.54) is 19.1 Å². The van der Waals surface area contributed by atoms with Crippen LogP contribution in [0.5, 0.6) is 0 Å². The lowest BCUT2D eigenvalue weighted by Gasteiger charge is -2.23. The third-order valence-electron chi connectivity index (χ3n) is 3.38. The molecule has 1 rings (SSSR count). The van der Waals surface area contributed by atoms with Crippen molar-refractivity contribution in [1.29, 1.82) is 0 Å². The number of carbonyl (C=O) groups excluding carboxylic acids is 2. The van der Waals surface area contributed by atoms with Gasteiger partial charge in [-0.05, 0) is 24.1 Å². The fourth-order valence-corrected chi connectivity index (χ4v) is 1.91. The third-order valence-corrected chi connectivity index (χ3v) is 3.38. The molecule has 0 heterocycles. The molecule has 0 bridgehead atoms. The third kappa shape index (κ3) is 6.24. The van der Waals surface area contributed by atoms with Crippen LogP contribution in [0.25, 0.3) is 0 Å². The Bertz CT molecular complexity index is 506. The fraction of sp³-hybridized carbons (Fsp3) is 0.529. The summed E-state index contributed by atoms with van der Waals surface area (Å²) in [5, 5.41) is 2.83. The van der Waals surface area contributed by atoms with Crippen molar-refractivity contribution in [3.8, 4) is 0 Å². The molecule has 1 N–H and O–H groups in total. The van der Waals surface area contributed by atoms with Crippen LogP contribution in [0.15, 0.2) is 24.3 Å². The summed E-state index contributed by atoms with van der Waals surface area (Å²) >= 11 is 0. The van der Waals surface area contributed by atoms with Gasteiger partial charge in [0.05, 0.1) is 0 Å². The maximum Gasteiger partial charge on any atom is 0.225 e. The van der Waals surface area contributed by atoms with E-state index in [1.54, 1.807) is 17.0 Å². The van der Waals surface area contributed by atoms with E-state index < -0.39 is 5.41 Å². The topological polar surface area (TPSA) is 49.4 Å². The van der Waals surface area contributed by atoms with Crippen LogP contribution in [0.1, 0.15) is 33.3 Å². The molecule has 122 valence electrons. The summed E-state index contributed by atoms with van der Waals surface area (Å²) in [6, 6.07) is 6.26. The van der Waals surface area contributed by atoms with Crippen molar-refractivity contribution in [2.45, 2.75) is 34.1 Å². The van der Waals surface area contributed by atoms with Crippen molar-refractivity contribution in [2.24, 2.45) is 5.41 Å². The molecule has 0 saturated heterocycles. The Labute approximate surface area is 131 Å². The second-order valence-electron chi connectivity index (χ2n) is 6.39. The van der Waals surface area contributed by atoms with E-state index in [4.69, 9.17) is 0 Å². The molecule has 0 atom stereocenters. The highest BCUT2D eigenvalue weighted by Gasteiger charge is 2.20. The highest BCUT2D eigenvalue weighted by Crippen LogP contribution is 2.12. The summed E-state index contributed by atoms with van der Waals surface area (Å²) < 4.78 is 12.8. The van der Waals surface area contributed by atoms with Gasteiger partial charge in [-0.1, -0.05) is 32.9 Å². The van der Waals surface area contributed by atoms with E-state index in [9.17, 15) is 14.0 Å². The number of benzene rings is 1. The van der Waals surface area contributed by atoms with Crippen LogP contribution in [0, 0.1) is 11.2 Å². The Hall–Kier alpha value is -1.91. The first-order chi connectivity index (χ1) is 10.2. The Morgan fingerprint density at radius 3 is 2.23 bits per heavy atom. The highest BCUT2D eigenvalue weighted by atomic mass is 19.1. The molecule has 0 spiro atoms. The van der Waals surface area contributed by atoms with Gasteiger partial charge in [0.15, 0.2) is 0 Å². The summed E-state index contributed by atoms with van der Waals surface area (Å²) in [6.45, 7) is 8.50. The van der Waals surface area contributed by atoms with Gasteiger partial charge in [-0.3, -0.25) is 9.59 Å². The average Bonchev–Trinajstić information content (AvgIpc) is 2.42. The van der Waals surface area contributed by atoms with Crippen LogP contribution < -0.4 is 5.32 Å². The van der Waals surface area contributed by atoms with Crippen molar-refractivity contribution in [1.82, 2.24) is 10.2 Å². The number of amides is 2. The van der Waals surface area contributed by atoms with Crippen LogP contribution in [0.3, 0.4) is 0 Å².